The molecule has 21 heavy (non-hydrogen) atoms. The number of rotatable bonds is 9. The third-order valence-electron chi connectivity index (χ3n) is 2.96. The summed E-state index contributed by atoms with van der Waals surface area (Å²) in [7, 11) is 1.62. The first kappa shape index (κ1) is 17.0. The maximum absolute atomic E-state index is 11.7. The first-order chi connectivity index (χ1) is 10.2. The van der Waals surface area contributed by atoms with E-state index in [1.54, 1.807) is 14.0 Å². The Hall–Kier alpha value is -2.04. The molecule has 0 saturated carbocycles. The van der Waals surface area contributed by atoms with Crippen molar-refractivity contribution >= 4 is 11.9 Å². The summed E-state index contributed by atoms with van der Waals surface area (Å²) in [6, 6.07) is 7.68. The summed E-state index contributed by atoms with van der Waals surface area (Å²) in [5.74, 6) is 0.562. The summed E-state index contributed by atoms with van der Waals surface area (Å²) in [5.41, 5.74) is 1.07. The minimum absolute atomic E-state index is 0.0123. The van der Waals surface area contributed by atoms with Crippen molar-refractivity contribution in [3.63, 3.8) is 0 Å². The van der Waals surface area contributed by atoms with Crippen LogP contribution in [-0.2, 0) is 20.7 Å². The molecule has 0 spiro atoms. The van der Waals surface area contributed by atoms with Crippen LogP contribution in [0.5, 0.6) is 5.75 Å². The van der Waals surface area contributed by atoms with Crippen LogP contribution in [0.25, 0.3) is 0 Å². The number of benzene rings is 1. The Balaban J connectivity index is 2.17. The van der Waals surface area contributed by atoms with Crippen molar-refractivity contribution in [3.8, 4) is 5.75 Å². The number of carbonyl (C=O) groups excluding carboxylic acids is 2. The number of ether oxygens (including phenoxy) is 2. The third kappa shape index (κ3) is 7.34. The number of aryl methyl sites for hydroxylation is 1. The molecule has 0 radical (unpaired) electrons. The Labute approximate surface area is 125 Å². The van der Waals surface area contributed by atoms with Gasteiger partial charge in [0.15, 0.2) is 0 Å². The van der Waals surface area contributed by atoms with E-state index < -0.39 is 0 Å². The van der Waals surface area contributed by atoms with Crippen LogP contribution in [0.15, 0.2) is 24.3 Å². The molecule has 0 aliphatic rings. The lowest BCUT2D eigenvalue weighted by molar-refractivity contribution is -0.143. The van der Waals surface area contributed by atoms with Crippen molar-refractivity contribution in [2.24, 2.45) is 0 Å². The highest BCUT2D eigenvalue weighted by Crippen LogP contribution is 2.13. The molecule has 0 aliphatic carbocycles. The van der Waals surface area contributed by atoms with E-state index in [0.29, 0.717) is 38.8 Å². The van der Waals surface area contributed by atoms with Crippen LogP contribution in [0.4, 0.5) is 0 Å². The Bertz CT molecular complexity index is 459. The van der Waals surface area contributed by atoms with E-state index in [9.17, 15) is 9.59 Å². The average Bonchev–Trinajstić information content (AvgIpc) is 2.50. The van der Waals surface area contributed by atoms with Gasteiger partial charge in [0.1, 0.15) is 5.75 Å². The second-order valence-corrected chi connectivity index (χ2v) is 4.61. The highest BCUT2D eigenvalue weighted by atomic mass is 16.5. The predicted molar refractivity (Wildman–Crippen MR) is 80.2 cm³/mol. The Morgan fingerprint density at radius 3 is 2.76 bits per heavy atom. The van der Waals surface area contributed by atoms with Crippen LogP contribution in [-0.4, -0.2) is 32.1 Å². The number of hydrogen-bond acceptors (Lipinski definition) is 4. The molecule has 0 atom stereocenters. The van der Waals surface area contributed by atoms with Gasteiger partial charge in [-0.1, -0.05) is 12.1 Å². The smallest absolute Gasteiger partial charge is 0.305 e. The summed E-state index contributed by atoms with van der Waals surface area (Å²) >= 11 is 0. The second-order valence-electron chi connectivity index (χ2n) is 4.61. The van der Waals surface area contributed by atoms with Gasteiger partial charge in [0, 0.05) is 19.4 Å². The molecule has 1 rings (SSSR count). The summed E-state index contributed by atoms with van der Waals surface area (Å²) in [5, 5.41) is 2.80. The van der Waals surface area contributed by atoms with Crippen LogP contribution >= 0.6 is 0 Å². The fourth-order valence-corrected chi connectivity index (χ4v) is 1.87. The van der Waals surface area contributed by atoms with Gasteiger partial charge in [-0.3, -0.25) is 9.59 Å². The first-order valence-corrected chi connectivity index (χ1v) is 7.21. The lowest BCUT2D eigenvalue weighted by atomic mass is 10.1. The van der Waals surface area contributed by atoms with Crippen LogP contribution < -0.4 is 10.1 Å². The molecule has 0 aliphatic heterocycles. The van der Waals surface area contributed by atoms with Gasteiger partial charge in [-0.2, -0.15) is 0 Å². The molecule has 5 nitrogen and oxygen atoms in total. The summed E-state index contributed by atoms with van der Waals surface area (Å²) in [4.78, 5) is 22.8. The Morgan fingerprint density at radius 2 is 2.05 bits per heavy atom. The van der Waals surface area contributed by atoms with Crippen molar-refractivity contribution in [3.05, 3.63) is 29.8 Å². The molecule has 1 aromatic rings. The Kier molecular flexibility index (Phi) is 7.94. The standard InChI is InChI=1S/C16H23NO4/c1-3-21-16(19)8-5-11-17-15(18)10-9-13-6-4-7-14(12-13)20-2/h4,6-7,12H,3,5,8-11H2,1-2H3,(H,17,18). The monoisotopic (exact) mass is 293 g/mol. The quantitative estimate of drug-likeness (QED) is 0.559. The highest BCUT2D eigenvalue weighted by Gasteiger charge is 2.04. The van der Waals surface area contributed by atoms with Gasteiger partial charge in [-0.15, -0.1) is 0 Å². The van der Waals surface area contributed by atoms with Gasteiger partial charge in [0.05, 0.1) is 13.7 Å². The number of nitrogens with one attached hydrogen (secondary N) is 1. The number of hydrogen-bond donors (Lipinski definition) is 1. The first-order valence-electron chi connectivity index (χ1n) is 7.21. The SMILES string of the molecule is CCOC(=O)CCCNC(=O)CCc1cccc(OC)c1. The van der Waals surface area contributed by atoms with E-state index in [1.807, 2.05) is 24.3 Å². The van der Waals surface area contributed by atoms with Crippen LogP contribution in [0.1, 0.15) is 31.7 Å². The van der Waals surface area contributed by atoms with Crippen molar-refractivity contribution < 1.29 is 19.1 Å². The van der Waals surface area contributed by atoms with Gasteiger partial charge >= 0.3 is 5.97 Å². The molecular weight excluding hydrogens is 270 g/mol. The molecule has 0 heterocycles. The van der Waals surface area contributed by atoms with Crippen LogP contribution in [0, 0.1) is 0 Å². The van der Waals surface area contributed by atoms with Gasteiger partial charge in [-0.05, 0) is 37.5 Å². The van der Waals surface area contributed by atoms with Crippen molar-refractivity contribution in [2.75, 3.05) is 20.3 Å². The number of methoxy groups -OCH3 is 1. The molecule has 0 aromatic heterocycles. The maximum Gasteiger partial charge on any atom is 0.305 e. The molecule has 0 unspecified atom stereocenters. The second kappa shape index (κ2) is 9.80. The number of amides is 1. The zero-order chi connectivity index (χ0) is 15.5. The molecule has 1 amide bonds. The van der Waals surface area contributed by atoms with Crippen LogP contribution in [0.2, 0.25) is 0 Å². The molecule has 116 valence electrons. The molecule has 5 heteroatoms. The van der Waals surface area contributed by atoms with Gasteiger partial charge in [0.2, 0.25) is 5.91 Å². The fraction of sp³-hybridized carbons (Fsp3) is 0.500. The highest BCUT2D eigenvalue weighted by molar-refractivity contribution is 5.76. The van der Waals surface area contributed by atoms with E-state index in [2.05, 4.69) is 5.32 Å². The summed E-state index contributed by atoms with van der Waals surface area (Å²) in [6.45, 7) is 2.67. The lowest BCUT2D eigenvalue weighted by Gasteiger charge is -2.06. The number of carbonyl (C=O) groups is 2. The normalized spacial score (nSPS) is 10.0. The molecular formula is C16H23NO4. The maximum atomic E-state index is 11.7. The molecule has 0 fully saturated rings. The molecule has 1 N–H and O–H groups in total. The van der Waals surface area contributed by atoms with Crippen molar-refractivity contribution in [1.82, 2.24) is 5.32 Å². The molecule has 0 bridgehead atoms. The van der Waals surface area contributed by atoms with E-state index in [0.717, 1.165) is 11.3 Å². The predicted octanol–water partition coefficient (Wildman–Crippen LogP) is 2.09. The van der Waals surface area contributed by atoms with Gasteiger partial charge < -0.3 is 14.8 Å². The minimum Gasteiger partial charge on any atom is -0.497 e. The zero-order valence-electron chi connectivity index (χ0n) is 12.7. The number of esters is 1. The summed E-state index contributed by atoms with van der Waals surface area (Å²) < 4.78 is 9.95. The van der Waals surface area contributed by atoms with Gasteiger partial charge in [-0.25, -0.2) is 0 Å². The zero-order valence-corrected chi connectivity index (χ0v) is 12.7. The van der Waals surface area contributed by atoms with Gasteiger partial charge in [0.25, 0.3) is 0 Å². The van der Waals surface area contributed by atoms with Crippen LogP contribution in [0.3, 0.4) is 0 Å². The average molecular weight is 293 g/mol. The lowest BCUT2D eigenvalue weighted by Crippen LogP contribution is -2.25. The molecule has 0 saturated heterocycles. The van der Waals surface area contributed by atoms with E-state index >= 15 is 0 Å². The molecule has 1 aromatic carbocycles. The van der Waals surface area contributed by atoms with Crippen molar-refractivity contribution in [2.45, 2.75) is 32.6 Å². The Morgan fingerprint density at radius 1 is 1.24 bits per heavy atom. The summed E-state index contributed by atoms with van der Waals surface area (Å²) in [6.07, 6.45) is 2.03. The largest absolute Gasteiger partial charge is 0.497 e. The van der Waals surface area contributed by atoms with E-state index in [4.69, 9.17) is 9.47 Å². The third-order valence-corrected chi connectivity index (χ3v) is 2.96. The topological polar surface area (TPSA) is 64.6 Å². The van der Waals surface area contributed by atoms with E-state index in [-0.39, 0.29) is 11.9 Å². The van der Waals surface area contributed by atoms with E-state index in [1.165, 1.54) is 0 Å². The van der Waals surface area contributed by atoms with Crippen molar-refractivity contribution in [1.29, 1.82) is 0 Å². The minimum atomic E-state index is -0.219. The fourth-order valence-electron chi connectivity index (χ4n) is 1.87.